The smallest absolute Gasteiger partial charge is 0.201 e. The molecule has 6 nitrogen and oxygen atoms in total. The summed E-state index contributed by atoms with van der Waals surface area (Å²) in [6.07, 6.45) is 0.484. The van der Waals surface area contributed by atoms with Gasteiger partial charge in [-0.3, -0.25) is 0 Å². The summed E-state index contributed by atoms with van der Waals surface area (Å²) in [4.78, 5) is 4.09. The van der Waals surface area contributed by atoms with Crippen molar-refractivity contribution in [1.82, 2.24) is 9.55 Å². The van der Waals surface area contributed by atoms with Crippen LogP contribution in [0.25, 0.3) is 11.0 Å². The standard InChI is InChI=1S/C12H14FN3O3S/c1-19-11-5-10-9(4-8(11)13)15-12(14)16(10)7-2-3-20(17,18)6-7/h4-5,7H,2-3,6H2,1H3,(H2,14,15). The van der Waals surface area contributed by atoms with Crippen molar-refractivity contribution in [2.24, 2.45) is 0 Å². The molecule has 1 saturated heterocycles. The van der Waals surface area contributed by atoms with Crippen LogP contribution in [-0.4, -0.2) is 36.6 Å². The minimum atomic E-state index is -3.04. The highest BCUT2D eigenvalue weighted by Gasteiger charge is 2.31. The minimum absolute atomic E-state index is 0.0301. The Bertz CT molecular complexity index is 785. The lowest BCUT2D eigenvalue weighted by Gasteiger charge is -2.13. The second-order valence-corrected chi connectivity index (χ2v) is 7.10. The summed E-state index contributed by atoms with van der Waals surface area (Å²) in [7, 11) is -1.67. The van der Waals surface area contributed by atoms with E-state index in [-0.39, 0.29) is 29.2 Å². The largest absolute Gasteiger partial charge is 0.494 e. The number of anilines is 1. The third-order valence-electron chi connectivity index (χ3n) is 3.56. The van der Waals surface area contributed by atoms with Crippen molar-refractivity contribution in [3.05, 3.63) is 17.9 Å². The van der Waals surface area contributed by atoms with Crippen molar-refractivity contribution in [1.29, 1.82) is 0 Å². The maximum Gasteiger partial charge on any atom is 0.201 e. The third kappa shape index (κ3) is 2.00. The van der Waals surface area contributed by atoms with Crippen LogP contribution >= 0.6 is 0 Å². The summed E-state index contributed by atoms with van der Waals surface area (Å²) in [5.41, 5.74) is 6.84. The van der Waals surface area contributed by atoms with E-state index in [1.807, 2.05) is 0 Å². The van der Waals surface area contributed by atoms with Gasteiger partial charge in [-0.2, -0.15) is 0 Å². The Labute approximate surface area is 115 Å². The van der Waals surface area contributed by atoms with Crippen LogP contribution in [0.3, 0.4) is 0 Å². The number of aromatic nitrogens is 2. The van der Waals surface area contributed by atoms with E-state index < -0.39 is 15.7 Å². The van der Waals surface area contributed by atoms with Crippen LogP contribution < -0.4 is 10.5 Å². The lowest BCUT2D eigenvalue weighted by Crippen LogP contribution is -2.13. The van der Waals surface area contributed by atoms with Gasteiger partial charge in [0.05, 0.1) is 35.7 Å². The van der Waals surface area contributed by atoms with Crippen LogP contribution in [0.1, 0.15) is 12.5 Å². The second-order valence-electron chi connectivity index (χ2n) is 4.87. The minimum Gasteiger partial charge on any atom is -0.494 e. The Kier molecular flexibility index (Phi) is 2.86. The van der Waals surface area contributed by atoms with Crippen LogP contribution in [0.4, 0.5) is 10.3 Å². The zero-order valence-electron chi connectivity index (χ0n) is 10.8. The Morgan fingerprint density at radius 2 is 2.25 bits per heavy atom. The molecule has 3 rings (SSSR count). The van der Waals surface area contributed by atoms with E-state index in [4.69, 9.17) is 10.5 Å². The van der Waals surface area contributed by atoms with Gasteiger partial charge in [0, 0.05) is 12.1 Å². The number of nitrogen functional groups attached to an aromatic ring is 1. The fourth-order valence-corrected chi connectivity index (χ4v) is 4.33. The molecule has 0 amide bonds. The number of imidazole rings is 1. The van der Waals surface area contributed by atoms with Crippen molar-refractivity contribution in [2.45, 2.75) is 12.5 Å². The fourth-order valence-electron chi connectivity index (χ4n) is 2.63. The average molecular weight is 299 g/mol. The Balaban J connectivity index is 2.18. The molecule has 1 aromatic heterocycles. The Hall–Kier alpha value is -1.83. The van der Waals surface area contributed by atoms with Crippen LogP contribution in [0.15, 0.2) is 12.1 Å². The molecule has 1 unspecified atom stereocenters. The zero-order chi connectivity index (χ0) is 14.5. The number of rotatable bonds is 2. The Morgan fingerprint density at radius 1 is 1.50 bits per heavy atom. The Morgan fingerprint density at radius 3 is 2.85 bits per heavy atom. The van der Waals surface area contributed by atoms with E-state index in [1.165, 1.54) is 19.2 Å². The van der Waals surface area contributed by atoms with Crippen LogP contribution in [0, 0.1) is 5.82 Å². The lowest BCUT2D eigenvalue weighted by molar-refractivity contribution is 0.387. The molecule has 2 heterocycles. The molecule has 108 valence electrons. The van der Waals surface area contributed by atoms with E-state index in [2.05, 4.69) is 4.98 Å². The van der Waals surface area contributed by atoms with Gasteiger partial charge in [0.25, 0.3) is 0 Å². The van der Waals surface area contributed by atoms with Gasteiger partial charge >= 0.3 is 0 Å². The summed E-state index contributed by atoms with van der Waals surface area (Å²) >= 11 is 0. The van der Waals surface area contributed by atoms with E-state index >= 15 is 0 Å². The monoisotopic (exact) mass is 299 g/mol. The number of fused-ring (bicyclic) bond motifs is 1. The summed E-state index contributed by atoms with van der Waals surface area (Å²) in [6, 6.07) is 2.48. The number of methoxy groups -OCH3 is 1. The molecule has 1 fully saturated rings. The van der Waals surface area contributed by atoms with Gasteiger partial charge in [0.2, 0.25) is 5.95 Å². The predicted octanol–water partition coefficient (Wildman–Crippen LogP) is 1.13. The van der Waals surface area contributed by atoms with Crippen LogP contribution in [0.2, 0.25) is 0 Å². The normalized spacial score (nSPS) is 21.4. The van der Waals surface area contributed by atoms with Crippen molar-refractivity contribution in [2.75, 3.05) is 24.3 Å². The van der Waals surface area contributed by atoms with E-state index in [1.54, 1.807) is 4.57 Å². The number of ether oxygens (including phenoxy) is 1. The van der Waals surface area contributed by atoms with Crippen molar-refractivity contribution in [3.63, 3.8) is 0 Å². The van der Waals surface area contributed by atoms with Gasteiger partial charge in [-0.15, -0.1) is 0 Å². The molecule has 1 atom stereocenters. The molecule has 0 bridgehead atoms. The summed E-state index contributed by atoms with van der Waals surface area (Å²) in [5.74, 6) is -0.0877. The van der Waals surface area contributed by atoms with Crippen molar-refractivity contribution < 1.29 is 17.5 Å². The molecule has 1 aliphatic rings. The SMILES string of the molecule is COc1cc2c(cc1F)nc(N)n2C1CCS(=O)(=O)C1. The summed E-state index contributed by atoms with van der Waals surface area (Å²) in [6.45, 7) is 0. The molecule has 1 aromatic carbocycles. The predicted molar refractivity (Wildman–Crippen MR) is 73.0 cm³/mol. The van der Waals surface area contributed by atoms with Gasteiger partial charge in [0.1, 0.15) is 0 Å². The highest BCUT2D eigenvalue weighted by molar-refractivity contribution is 7.91. The number of benzene rings is 1. The van der Waals surface area contributed by atoms with Crippen LogP contribution in [-0.2, 0) is 9.84 Å². The van der Waals surface area contributed by atoms with Crippen molar-refractivity contribution >= 4 is 26.8 Å². The van der Waals surface area contributed by atoms with Crippen molar-refractivity contribution in [3.8, 4) is 5.75 Å². The quantitative estimate of drug-likeness (QED) is 0.898. The first-order valence-corrected chi connectivity index (χ1v) is 7.95. The first kappa shape index (κ1) is 13.2. The van der Waals surface area contributed by atoms with Gasteiger partial charge < -0.3 is 15.0 Å². The van der Waals surface area contributed by atoms with Gasteiger partial charge in [0.15, 0.2) is 21.4 Å². The number of sulfone groups is 1. The number of hydrogen-bond donors (Lipinski definition) is 1. The van der Waals surface area contributed by atoms with E-state index in [0.29, 0.717) is 17.5 Å². The molecule has 0 saturated carbocycles. The molecule has 2 N–H and O–H groups in total. The number of nitrogens with two attached hydrogens (primary N) is 1. The van der Waals surface area contributed by atoms with E-state index in [9.17, 15) is 12.8 Å². The molecular formula is C12H14FN3O3S. The molecule has 20 heavy (non-hydrogen) atoms. The molecule has 0 aliphatic carbocycles. The average Bonchev–Trinajstić information content (AvgIpc) is 2.86. The molecule has 8 heteroatoms. The highest BCUT2D eigenvalue weighted by atomic mass is 32.2. The summed E-state index contributed by atoms with van der Waals surface area (Å²) in [5, 5.41) is 0. The van der Waals surface area contributed by atoms with E-state index in [0.717, 1.165) is 0 Å². The topological polar surface area (TPSA) is 87.2 Å². The molecular weight excluding hydrogens is 285 g/mol. The second kappa shape index (κ2) is 4.34. The highest BCUT2D eigenvalue weighted by Crippen LogP contribution is 2.33. The lowest BCUT2D eigenvalue weighted by atomic mass is 10.2. The van der Waals surface area contributed by atoms with Gasteiger partial charge in [-0.1, -0.05) is 0 Å². The maximum absolute atomic E-state index is 13.7. The first-order valence-electron chi connectivity index (χ1n) is 6.12. The molecule has 2 aromatic rings. The first-order chi connectivity index (χ1) is 9.41. The molecule has 0 spiro atoms. The van der Waals surface area contributed by atoms with Gasteiger partial charge in [-0.05, 0) is 6.42 Å². The maximum atomic E-state index is 13.7. The molecule has 1 aliphatic heterocycles. The molecule has 0 radical (unpaired) electrons. The summed E-state index contributed by atoms with van der Waals surface area (Å²) < 4.78 is 43.5. The fraction of sp³-hybridized carbons (Fsp3) is 0.417. The van der Waals surface area contributed by atoms with Gasteiger partial charge in [-0.25, -0.2) is 17.8 Å². The zero-order valence-corrected chi connectivity index (χ0v) is 11.7. The van der Waals surface area contributed by atoms with Crippen LogP contribution in [0.5, 0.6) is 5.75 Å². The number of nitrogens with zero attached hydrogens (tertiary/aromatic N) is 2. The number of halogens is 1. The number of hydrogen-bond acceptors (Lipinski definition) is 5. The third-order valence-corrected chi connectivity index (χ3v) is 5.31.